The van der Waals surface area contributed by atoms with Crippen LogP contribution in [-0.2, 0) is 10.0 Å². The highest BCUT2D eigenvalue weighted by Crippen LogP contribution is 2.27. The summed E-state index contributed by atoms with van der Waals surface area (Å²) in [7, 11) is 1.14. The number of anilines is 1. The van der Waals surface area contributed by atoms with Gasteiger partial charge in [-0.2, -0.15) is 0 Å². The lowest BCUT2D eigenvalue weighted by Gasteiger charge is -2.12. The molecule has 0 aliphatic rings. The summed E-state index contributed by atoms with van der Waals surface area (Å²) in [5, 5.41) is 3.72. The molecular weight excluding hydrogens is 364 g/mol. The summed E-state index contributed by atoms with van der Waals surface area (Å²) < 4.78 is 35.9. The molecule has 25 heavy (non-hydrogen) atoms. The van der Waals surface area contributed by atoms with Crippen molar-refractivity contribution < 1.29 is 17.9 Å². The number of ether oxygens (including phenoxy) is 2. The van der Waals surface area contributed by atoms with Crippen molar-refractivity contribution in [2.45, 2.75) is 4.90 Å². The Morgan fingerprint density at radius 2 is 1.80 bits per heavy atom. The quantitative estimate of drug-likeness (QED) is 0.708. The fourth-order valence-corrected chi connectivity index (χ4v) is 3.22. The second kappa shape index (κ2) is 8.42. The van der Waals surface area contributed by atoms with E-state index >= 15 is 0 Å². The minimum Gasteiger partial charge on any atom is -0.495 e. The molecule has 0 aliphatic heterocycles. The number of rotatable bonds is 8. The van der Waals surface area contributed by atoms with Gasteiger partial charge in [-0.3, -0.25) is 0 Å². The van der Waals surface area contributed by atoms with Gasteiger partial charge in [-0.05, 0) is 42.5 Å². The molecule has 0 atom stereocenters. The topological polar surface area (TPSA) is 67.9 Å². The molecule has 0 spiro atoms. The molecule has 0 heterocycles. The van der Waals surface area contributed by atoms with Gasteiger partial charge in [0.05, 0.1) is 17.0 Å². The fraction of sp³-hybridized carbons (Fsp3) is 0.294. The lowest BCUT2D eigenvalue weighted by Crippen LogP contribution is -2.22. The third-order valence-electron chi connectivity index (χ3n) is 3.45. The van der Waals surface area contributed by atoms with Crippen LogP contribution in [0.25, 0.3) is 0 Å². The summed E-state index contributed by atoms with van der Waals surface area (Å²) in [4.78, 5) is 0.232. The monoisotopic (exact) mass is 384 g/mol. The molecule has 2 aromatic rings. The van der Waals surface area contributed by atoms with Crippen LogP contribution < -0.4 is 14.8 Å². The molecule has 0 fully saturated rings. The van der Waals surface area contributed by atoms with E-state index in [9.17, 15) is 8.42 Å². The van der Waals surface area contributed by atoms with E-state index in [1.165, 1.54) is 30.5 Å². The molecule has 2 rings (SSSR count). The highest BCUT2D eigenvalue weighted by molar-refractivity contribution is 7.89. The van der Waals surface area contributed by atoms with Crippen LogP contribution in [0.3, 0.4) is 0 Å². The summed E-state index contributed by atoms with van der Waals surface area (Å²) in [6.45, 7) is 0.990. The van der Waals surface area contributed by atoms with E-state index in [2.05, 4.69) is 5.32 Å². The number of benzene rings is 2. The van der Waals surface area contributed by atoms with E-state index in [1.807, 2.05) is 6.07 Å². The Hall–Kier alpha value is -1.96. The van der Waals surface area contributed by atoms with Gasteiger partial charge >= 0.3 is 0 Å². The minimum absolute atomic E-state index is 0.232. The van der Waals surface area contributed by atoms with E-state index in [0.29, 0.717) is 29.7 Å². The lowest BCUT2D eigenvalue weighted by atomic mass is 10.3. The van der Waals surface area contributed by atoms with Gasteiger partial charge in [0.15, 0.2) is 0 Å². The van der Waals surface area contributed by atoms with Gasteiger partial charge in [-0.1, -0.05) is 11.6 Å². The number of halogens is 1. The van der Waals surface area contributed by atoms with Crippen molar-refractivity contribution in [1.29, 1.82) is 0 Å². The van der Waals surface area contributed by atoms with Gasteiger partial charge in [0.2, 0.25) is 10.0 Å². The molecule has 1 N–H and O–H groups in total. The van der Waals surface area contributed by atoms with Gasteiger partial charge in [-0.25, -0.2) is 12.7 Å². The predicted molar refractivity (Wildman–Crippen MR) is 99.3 cm³/mol. The first-order chi connectivity index (χ1) is 11.8. The molecule has 0 aliphatic carbocycles. The summed E-state index contributed by atoms with van der Waals surface area (Å²) in [5.41, 5.74) is 0.863. The van der Waals surface area contributed by atoms with Crippen molar-refractivity contribution >= 4 is 27.3 Å². The third kappa shape index (κ3) is 5.01. The number of nitrogens with one attached hydrogen (secondary N) is 1. The van der Waals surface area contributed by atoms with E-state index < -0.39 is 10.0 Å². The number of nitrogens with zero attached hydrogens (tertiary/aromatic N) is 1. The molecule has 0 bridgehead atoms. The maximum absolute atomic E-state index is 12.0. The van der Waals surface area contributed by atoms with Crippen molar-refractivity contribution in [2.24, 2.45) is 0 Å². The Labute approximate surface area is 153 Å². The van der Waals surface area contributed by atoms with Crippen LogP contribution in [0.4, 0.5) is 5.69 Å². The minimum atomic E-state index is -3.42. The van der Waals surface area contributed by atoms with Crippen LogP contribution in [0, 0.1) is 0 Å². The third-order valence-corrected chi connectivity index (χ3v) is 5.58. The first-order valence-corrected chi connectivity index (χ1v) is 9.39. The summed E-state index contributed by atoms with van der Waals surface area (Å²) in [6.07, 6.45) is 0. The number of methoxy groups -OCH3 is 1. The molecular formula is C17H21ClN2O4S. The van der Waals surface area contributed by atoms with Gasteiger partial charge in [0, 0.05) is 26.3 Å². The second-order valence-electron chi connectivity index (χ2n) is 5.38. The van der Waals surface area contributed by atoms with E-state index in [0.717, 1.165) is 5.69 Å². The number of hydrogen-bond acceptors (Lipinski definition) is 5. The Bertz CT molecular complexity index is 808. The van der Waals surface area contributed by atoms with Gasteiger partial charge < -0.3 is 14.8 Å². The fourth-order valence-electron chi connectivity index (χ4n) is 2.06. The highest BCUT2D eigenvalue weighted by Gasteiger charge is 2.16. The molecule has 0 amide bonds. The summed E-state index contributed by atoms with van der Waals surface area (Å²) in [5.74, 6) is 1.23. The van der Waals surface area contributed by atoms with E-state index in [1.54, 1.807) is 31.4 Å². The van der Waals surface area contributed by atoms with Crippen LogP contribution in [0.15, 0.2) is 47.4 Å². The number of sulfonamides is 1. The zero-order valence-corrected chi connectivity index (χ0v) is 15.9. The van der Waals surface area contributed by atoms with Crippen molar-refractivity contribution in [3.8, 4) is 11.5 Å². The zero-order valence-electron chi connectivity index (χ0n) is 14.3. The van der Waals surface area contributed by atoms with Crippen molar-refractivity contribution in [3.05, 3.63) is 47.5 Å². The Morgan fingerprint density at radius 1 is 1.12 bits per heavy atom. The highest BCUT2D eigenvalue weighted by atomic mass is 35.5. The molecule has 0 unspecified atom stereocenters. The molecule has 0 aromatic heterocycles. The first kappa shape index (κ1) is 19.4. The Balaban J connectivity index is 1.85. The average Bonchev–Trinajstić information content (AvgIpc) is 2.59. The van der Waals surface area contributed by atoms with Crippen LogP contribution in [-0.4, -0.2) is 47.1 Å². The van der Waals surface area contributed by atoms with E-state index in [4.69, 9.17) is 21.1 Å². The zero-order chi connectivity index (χ0) is 18.4. The maximum Gasteiger partial charge on any atom is 0.242 e. The van der Waals surface area contributed by atoms with Gasteiger partial charge in [-0.15, -0.1) is 0 Å². The standard InChI is InChI=1S/C17H21ClN2O4S/c1-20(2)25(21,22)15-7-5-14(6-8-15)24-11-10-19-13-4-9-17(23-3)16(18)12-13/h4-9,12,19H,10-11H2,1-3H3. The predicted octanol–water partition coefficient (Wildman–Crippen LogP) is 3.09. The molecule has 0 saturated carbocycles. The van der Waals surface area contributed by atoms with Crippen LogP contribution in [0.2, 0.25) is 5.02 Å². The van der Waals surface area contributed by atoms with E-state index in [-0.39, 0.29) is 4.90 Å². The van der Waals surface area contributed by atoms with Crippen LogP contribution in [0.1, 0.15) is 0 Å². The van der Waals surface area contributed by atoms with Crippen LogP contribution >= 0.6 is 11.6 Å². The van der Waals surface area contributed by atoms with Crippen molar-refractivity contribution in [3.63, 3.8) is 0 Å². The van der Waals surface area contributed by atoms with Crippen molar-refractivity contribution in [2.75, 3.05) is 39.7 Å². The molecule has 0 saturated heterocycles. The summed E-state index contributed by atoms with van der Waals surface area (Å²) >= 11 is 6.06. The Kier molecular flexibility index (Phi) is 6.52. The largest absolute Gasteiger partial charge is 0.495 e. The molecule has 6 nitrogen and oxygen atoms in total. The number of hydrogen-bond donors (Lipinski definition) is 1. The van der Waals surface area contributed by atoms with Crippen molar-refractivity contribution in [1.82, 2.24) is 4.31 Å². The van der Waals surface area contributed by atoms with Crippen LogP contribution in [0.5, 0.6) is 11.5 Å². The lowest BCUT2D eigenvalue weighted by molar-refractivity contribution is 0.332. The molecule has 8 heteroatoms. The summed E-state index contributed by atoms with van der Waals surface area (Å²) in [6, 6.07) is 11.8. The Morgan fingerprint density at radius 3 is 2.36 bits per heavy atom. The molecule has 2 aromatic carbocycles. The smallest absolute Gasteiger partial charge is 0.242 e. The average molecular weight is 385 g/mol. The van der Waals surface area contributed by atoms with Gasteiger partial charge in [0.25, 0.3) is 0 Å². The normalized spacial score (nSPS) is 11.4. The molecule has 136 valence electrons. The second-order valence-corrected chi connectivity index (χ2v) is 7.94. The molecule has 0 radical (unpaired) electrons. The SMILES string of the molecule is COc1ccc(NCCOc2ccc(S(=O)(=O)N(C)C)cc2)cc1Cl. The van der Waals surface area contributed by atoms with Gasteiger partial charge in [0.1, 0.15) is 18.1 Å². The first-order valence-electron chi connectivity index (χ1n) is 7.57. The maximum atomic E-state index is 12.0.